The molecule has 0 saturated heterocycles. The monoisotopic (exact) mass is 294 g/mol. The van der Waals surface area contributed by atoms with E-state index >= 15 is 0 Å². The van der Waals surface area contributed by atoms with Crippen LogP contribution in [0.3, 0.4) is 0 Å². The van der Waals surface area contributed by atoms with E-state index in [0.29, 0.717) is 5.75 Å². The summed E-state index contributed by atoms with van der Waals surface area (Å²) in [5, 5.41) is 12.8. The van der Waals surface area contributed by atoms with Crippen LogP contribution in [0.5, 0.6) is 11.5 Å². The van der Waals surface area contributed by atoms with Gasteiger partial charge in [0.2, 0.25) is 0 Å². The molecule has 0 bridgehead atoms. The van der Waals surface area contributed by atoms with E-state index in [1.165, 1.54) is 11.1 Å². The third-order valence-electron chi connectivity index (χ3n) is 2.95. The number of hydrogen-bond donors (Lipinski definition) is 2. The van der Waals surface area contributed by atoms with Gasteiger partial charge in [-0.05, 0) is 48.4 Å². The first-order chi connectivity index (χ1) is 9.31. The molecule has 0 saturated carbocycles. The van der Waals surface area contributed by atoms with Gasteiger partial charge in [-0.2, -0.15) is 0 Å². The van der Waals surface area contributed by atoms with Crippen molar-refractivity contribution in [3.63, 3.8) is 0 Å². The van der Waals surface area contributed by atoms with Crippen molar-refractivity contribution in [2.45, 2.75) is 13.0 Å². The number of halogens is 1. The number of fused-ring (bicyclic) bond motifs is 1. The van der Waals surface area contributed by atoms with Gasteiger partial charge in [-0.1, -0.05) is 6.07 Å². The predicted octanol–water partition coefficient (Wildman–Crippen LogP) is 2.55. The van der Waals surface area contributed by atoms with E-state index in [-0.39, 0.29) is 18.2 Å². The number of nitrogens with zero attached hydrogens (tertiary/aromatic N) is 1. The van der Waals surface area contributed by atoms with Crippen molar-refractivity contribution in [3.8, 4) is 11.5 Å². The van der Waals surface area contributed by atoms with E-state index in [1.807, 2.05) is 24.3 Å². The van der Waals surface area contributed by atoms with Crippen LogP contribution in [0.4, 0.5) is 0 Å². The van der Waals surface area contributed by atoms with Gasteiger partial charge in [0, 0.05) is 18.9 Å². The zero-order valence-corrected chi connectivity index (χ0v) is 12.2. The molecule has 0 amide bonds. The number of rotatable bonds is 1. The molecule has 0 fully saturated rings. The van der Waals surface area contributed by atoms with Crippen LogP contribution in [0.2, 0.25) is 0 Å². The highest BCUT2D eigenvalue weighted by Gasteiger charge is 2.12. The van der Waals surface area contributed by atoms with Crippen LogP contribution in [0.1, 0.15) is 11.1 Å². The molecule has 108 valence electrons. The molecular formula is C15H19ClN2O2. The van der Waals surface area contributed by atoms with Gasteiger partial charge in [-0.3, -0.25) is 4.98 Å². The van der Waals surface area contributed by atoms with Crippen LogP contribution in [-0.2, 0) is 13.0 Å². The van der Waals surface area contributed by atoms with Crippen LogP contribution in [0.15, 0.2) is 42.7 Å². The lowest BCUT2D eigenvalue weighted by Gasteiger charge is -2.18. The minimum atomic E-state index is 0. The minimum Gasteiger partial charge on any atom is -0.504 e. The number of benzene rings is 1. The predicted molar refractivity (Wildman–Crippen MR) is 81.6 cm³/mol. The lowest BCUT2D eigenvalue weighted by molar-refractivity contribution is 0.371. The van der Waals surface area contributed by atoms with E-state index in [9.17, 15) is 5.11 Å². The minimum absolute atomic E-state index is 0. The Morgan fingerprint density at radius 2 is 1.90 bits per heavy atom. The molecule has 0 atom stereocenters. The van der Waals surface area contributed by atoms with Crippen molar-refractivity contribution in [2.75, 3.05) is 13.7 Å². The largest absolute Gasteiger partial charge is 0.504 e. The number of pyridine rings is 1. The van der Waals surface area contributed by atoms with Crippen LogP contribution < -0.4 is 10.1 Å². The number of hydrogen-bond acceptors (Lipinski definition) is 4. The topological polar surface area (TPSA) is 54.4 Å². The second-order valence-corrected chi connectivity index (χ2v) is 4.24. The Bertz CT molecular complexity index is 494. The molecule has 3 rings (SSSR count). The van der Waals surface area contributed by atoms with Crippen molar-refractivity contribution in [1.82, 2.24) is 10.3 Å². The summed E-state index contributed by atoms with van der Waals surface area (Å²) in [6, 6.07) is 9.42. The zero-order chi connectivity index (χ0) is 13.5. The number of aromatic nitrogens is 1. The van der Waals surface area contributed by atoms with E-state index in [0.717, 1.165) is 19.5 Å². The highest BCUT2D eigenvalue weighted by Crippen LogP contribution is 2.30. The van der Waals surface area contributed by atoms with Gasteiger partial charge in [0.1, 0.15) is 0 Å². The third kappa shape index (κ3) is 4.40. The lowest BCUT2D eigenvalue weighted by Crippen LogP contribution is -2.23. The molecule has 2 N–H and O–H groups in total. The van der Waals surface area contributed by atoms with Gasteiger partial charge >= 0.3 is 0 Å². The number of nitrogens with one attached hydrogen (secondary N) is 1. The Kier molecular flexibility index (Phi) is 6.84. The normalized spacial score (nSPS) is 12.2. The van der Waals surface area contributed by atoms with Crippen LogP contribution >= 0.6 is 12.4 Å². The number of aromatic hydroxyl groups is 1. The van der Waals surface area contributed by atoms with Gasteiger partial charge in [0.15, 0.2) is 11.5 Å². The second kappa shape index (κ2) is 8.40. The van der Waals surface area contributed by atoms with Crippen LogP contribution in [0.25, 0.3) is 0 Å². The molecule has 1 aromatic heterocycles. The van der Waals surface area contributed by atoms with Gasteiger partial charge < -0.3 is 15.2 Å². The number of phenols is 1. The van der Waals surface area contributed by atoms with Gasteiger partial charge in [-0.15, -0.1) is 12.4 Å². The van der Waals surface area contributed by atoms with E-state index < -0.39 is 0 Å². The zero-order valence-electron chi connectivity index (χ0n) is 11.4. The van der Waals surface area contributed by atoms with Crippen molar-refractivity contribution in [1.29, 1.82) is 0 Å². The average Bonchev–Trinajstić information content (AvgIpc) is 2.49. The second-order valence-electron chi connectivity index (χ2n) is 4.24. The molecule has 20 heavy (non-hydrogen) atoms. The molecular weight excluding hydrogens is 276 g/mol. The molecule has 2 aromatic rings. The summed E-state index contributed by atoms with van der Waals surface area (Å²) in [5.74, 6) is 0.797. The molecule has 0 radical (unpaired) electrons. The maximum absolute atomic E-state index is 9.52. The summed E-state index contributed by atoms with van der Waals surface area (Å²) in [4.78, 5) is 3.78. The van der Waals surface area contributed by atoms with Crippen molar-refractivity contribution in [2.24, 2.45) is 0 Å². The highest BCUT2D eigenvalue weighted by molar-refractivity contribution is 5.85. The first-order valence-electron chi connectivity index (χ1n) is 6.25. The molecule has 0 unspecified atom stereocenters. The summed E-state index contributed by atoms with van der Waals surface area (Å²) in [6.07, 6.45) is 4.48. The molecule has 1 aromatic carbocycles. The van der Waals surface area contributed by atoms with Crippen molar-refractivity contribution < 1.29 is 9.84 Å². The number of phenolic OH excluding ortho intramolecular Hbond substituents is 1. The van der Waals surface area contributed by atoms with E-state index in [4.69, 9.17) is 4.74 Å². The lowest BCUT2D eigenvalue weighted by atomic mass is 10.0. The number of ether oxygens (including phenoxy) is 1. The van der Waals surface area contributed by atoms with Gasteiger partial charge in [0.25, 0.3) is 0 Å². The number of methoxy groups -OCH3 is 1. The Hall–Kier alpha value is -1.78. The SMILES string of the molecule is COc1cc2c(cc1O)CCNC2.Cl.c1ccncc1. The summed E-state index contributed by atoms with van der Waals surface area (Å²) < 4.78 is 5.03. The van der Waals surface area contributed by atoms with Crippen LogP contribution in [0, 0.1) is 0 Å². The summed E-state index contributed by atoms with van der Waals surface area (Å²) in [5.41, 5.74) is 2.44. The molecule has 2 heterocycles. The van der Waals surface area contributed by atoms with Crippen LogP contribution in [-0.4, -0.2) is 23.7 Å². The van der Waals surface area contributed by atoms with Crippen molar-refractivity contribution >= 4 is 12.4 Å². The molecule has 0 aliphatic carbocycles. The van der Waals surface area contributed by atoms with E-state index in [1.54, 1.807) is 25.6 Å². The Morgan fingerprint density at radius 3 is 2.45 bits per heavy atom. The molecule has 1 aliphatic heterocycles. The molecule has 5 heteroatoms. The standard InChI is InChI=1S/C10H13NO2.C5H5N.ClH/c1-13-10-5-8-6-11-3-2-7(8)4-9(10)12;1-2-4-6-5-3-1;/h4-5,11-12H,2-3,6H2,1H3;1-5H;1H. The maximum Gasteiger partial charge on any atom is 0.160 e. The fraction of sp³-hybridized carbons (Fsp3) is 0.267. The first-order valence-corrected chi connectivity index (χ1v) is 6.25. The third-order valence-corrected chi connectivity index (χ3v) is 2.95. The molecule has 0 spiro atoms. The van der Waals surface area contributed by atoms with E-state index in [2.05, 4.69) is 10.3 Å². The average molecular weight is 295 g/mol. The Balaban J connectivity index is 0.000000243. The maximum atomic E-state index is 9.52. The quantitative estimate of drug-likeness (QED) is 0.849. The highest BCUT2D eigenvalue weighted by atomic mass is 35.5. The Labute approximate surface area is 125 Å². The van der Waals surface area contributed by atoms with Gasteiger partial charge in [-0.25, -0.2) is 0 Å². The molecule has 1 aliphatic rings. The van der Waals surface area contributed by atoms with Gasteiger partial charge in [0.05, 0.1) is 7.11 Å². The fourth-order valence-electron chi connectivity index (χ4n) is 1.97. The summed E-state index contributed by atoms with van der Waals surface area (Å²) >= 11 is 0. The Morgan fingerprint density at radius 1 is 1.15 bits per heavy atom. The first kappa shape index (κ1) is 16.3. The smallest absolute Gasteiger partial charge is 0.160 e. The fourth-order valence-corrected chi connectivity index (χ4v) is 1.97. The summed E-state index contributed by atoms with van der Waals surface area (Å²) in [6.45, 7) is 1.85. The van der Waals surface area contributed by atoms with Crippen molar-refractivity contribution in [3.05, 3.63) is 53.9 Å². The summed E-state index contributed by atoms with van der Waals surface area (Å²) in [7, 11) is 1.57. The molecule has 4 nitrogen and oxygen atoms in total.